The lowest BCUT2D eigenvalue weighted by molar-refractivity contribution is 0.325. The van der Waals surface area contributed by atoms with Gasteiger partial charge in [-0.15, -0.1) is 0 Å². The van der Waals surface area contributed by atoms with E-state index >= 15 is 0 Å². The van der Waals surface area contributed by atoms with Crippen molar-refractivity contribution in [2.45, 2.75) is 47.0 Å². The lowest BCUT2D eigenvalue weighted by atomic mass is 10.0. The number of aromatic amines is 1. The van der Waals surface area contributed by atoms with Crippen LogP contribution in [0.2, 0.25) is 0 Å². The van der Waals surface area contributed by atoms with Crippen molar-refractivity contribution in [1.82, 2.24) is 14.9 Å². The molecule has 0 unspecified atom stereocenters. The number of hydrogen-bond acceptors (Lipinski definition) is 4. The zero-order valence-corrected chi connectivity index (χ0v) is 20.4. The zero-order valence-electron chi connectivity index (χ0n) is 20.4. The summed E-state index contributed by atoms with van der Waals surface area (Å²) in [6.07, 6.45) is 5.32. The molecule has 5 heteroatoms. The van der Waals surface area contributed by atoms with Gasteiger partial charge in [-0.3, -0.25) is 0 Å². The minimum absolute atomic E-state index is 0.782. The van der Waals surface area contributed by atoms with E-state index in [1.807, 2.05) is 20.0 Å². The lowest BCUT2D eigenvalue weighted by Crippen LogP contribution is -2.23. The van der Waals surface area contributed by atoms with Gasteiger partial charge >= 0.3 is 0 Å². The van der Waals surface area contributed by atoms with E-state index in [9.17, 15) is 0 Å². The van der Waals surface area contributed by atoms with Crippen LogP contribution in [0.5, 0.6) is 0 Å². The van der Waals surface area contributed by atoms with Gasteiger partial charge in [0.25, 0.3) is 0 Å². The molecular formula is C27H39N5. The number of fused-ring (bicyclic) bond motifs is 5. The zero-order chi connectivity index (χ0) is 23.1. The maximum Gasteiger partial charge on any atom is 0.136 e. The molecule has 2 aromatic carbocycles. The highest BCUT2D eigenvalue weighted by molar-refractivity contribution is 6.20. The van der Waals surface area contributed by atoms with Crippen molar-refractivity contribution in [3.63, 3.8) is 0 Å². The number of nitrogens with one attached hydrogen (secondary N) is 2. The Morgan fingerprint density at radius 3 is 2.50 bits per heavy atom. The largest absolute Gasteiger partial charge is 0.369 e. The summed E-state index contributed by atoms with van der Waals surface area (Å²) in [5, 5.41) is 8.56. The molecule has 0 saturated carbocycles. The third-order valence-electron chi connectivity index (χ3n) is 5.97. The average Bonchev–Trinajstić information content (AvgIpc) is 3.20. The van der Waals surface area contributed by atoms with Gasteiger partial charge in [0.2, 0.25) is 0 Å². The first-order valence-corrected chi connectivity index (χ1v) is 12.0. The predicted octanol–water partition coefficient (Wildman–Crippen LogP) is 5.99. The Labute approximate surface area is 192 Å². The first kappa shape index (κ1) is 24.0. The Morgan fingerprint density at radius 2 is 1.72 bits per heavy atom. The topological polar surface area (TPSA) is 70.0 Å². The molecule has 5 nitrogen and oxygen atoms in total. The van der Waals surface area contributed by atoms with Crippen molar-refractivity contribution >= 4 is 38.4 Å². The summed E-state index contributed by atoms with van der Waals surface area (Å²) in [6.45, 7) is 12.1. The number of rotatable bonds is 9. The van der Waals surface area contributed by atoms with Crippen LogP contribution in [0.4, 0.5) is 5.82 Å². The van der Waals surface area contributed by atoms with Crippen molar-refractivity contribution in [3.8, 4) is 0 Å². The fourth-order valence-corrected chi connectivity index (χ4v) is 4.27. The fraction of sp³-hybridized carbons (Fsp3) is 0.444. The Bertz CT molecular complexity index is 1160. The molecule has 0 fully saturated rings. The molecule has 0 aliphatic carbocycles. The van der Waals surface area contributed by atoms with Crippen molar-refractivity contribution in [2.24, 2.45) is 5.73 Å². The molecule has 4 aromatic rings. The molecule has 32 heavy (non-hydrogen) atoms. The van der Waals surface area contributed by atoms with Crippen LogP contribution in [-0.2, 0) is 0 Å². The second-order valence-corrected chi connectivity index (χ2v) is 8.46. The summed E-state index contributed by atoms with van der Waals surface area (Å²) >= 11 is 0. The van der Waals surface area contributed by atoms with Gasteiger partial charge in [-0.1, -0.05) is 49.7 Å². The number of nitrogens with zero attached hydrogens (tertiary/aromatic N) is 2. The van der Waals surface area contributed by atoms with Crippen LogP contribution in [0.1, 0.15) is 44.2 Å². The van der Waals surface area contributed by atoms with Gasteiger partial charge in [-0.05, 0) is 70.7 Å². The van der Waals surface area contributed by atoms with Crippen LogP contribution in [0.3, 0.4) is 0 Å². The summed E-state index contributed by atoms with van der Waals surface area (Å²) in [7, 11) is 2.19. The quantitative estimate of drug-likeness (QED) is 0.284. The van der Waals surface area contributed by atoms with Crippen LogP contribution in [0.25, 0.3) is 32.6 Å². The smallest absolute Gasteiger partial charge is 0.136 e. The van der Waals surface area contributed by atoms with E-state index in [1.54, 1.807) is 0 Å². The number of aromatic nitrogens is 2. The number of anilines is 1. The Kier molecular flexibility index (Phi) is 8.48. The van der Waals surface area contributed by atoms with Gasteiger partial charge in [0.15, 0.2) is 0 Å². The lowest BCUT2D eigenvalue weighted by Gasteiger charge is -2.16. The number of pyridine rings is 1. The van der Waals surface area contributed by atoms with Crippen LogP contribution >= 0.6 is 0 Å². The Balaban J connectivity index is 0.00000141. The Morgan fingerprint density at radius 1 is 0.969 bits per heavy atom. The van der Waals surface area contributed by atoms with E-state index < -0.39 is 0 Å². The molecule has 0 aliphatic heterocycles. The predicted molar refractivity (Wildman–Crippen MR) is 141 cm³/mol. The third kappa shape index (κ3) is 5.22. The summed E-state index contributed by atoms with van der Waals surface area (Å²) in [4.78, 5) is 10.8. The number of aryl methyl sites for hydroxylation is 2. The molecule has 0 saturated heterocycles. The van der Waals surface area contributed by atoms with Gasteiger partial charge in [0.1, 0.15) is 5.82 Å². The fourth-order valence-electron chi connectivity index (χ4n) is 4.27. The van der Waals surface area contributed by atoms with E-state index in [-0.39, 0.29) is 0 Å². The van der Waals surface area contributed by atoms with Crippen LogP contribution < -0.4 is 11.1 Å². The SMILES string of the molecule is CC.Cc1ccc2c(ccc3c2[nH]c2c(C)cnc(NCCCN(C)CCCCN)c23)c1. The highest BCUT2D eigenvalue weighted by atomic mass is 15.1. The standard InChI is InChI=1S/C25H33N5.C2H6/c1-17-7-9-20-19(15-17)8-10-21-22-23(29-24(20)21)18(2)16-28-25(22)27-12-6-14-30(3)13-5-4-11-26;1-2/h7-10,15-16,29H,4-6,11-14,26H2,1-3H3,(H,27,28);1-2H3. The monoisotopic (exact) mass is 433 g/mol. The highest BCUT2D eigenvalue weighted by Gasteiger charge is 2.14. The van der Waals surface area contributed by atoms with Crippen LogP contribution in [0, 0.1) is 13.8 Å². The molecule has 2 aromatic heterocycles. The minimum atomic E-state index is 0.782. The number of H-pyrrole nitrogens is 1. The molecule has 2 heterocycles. The molecule has 4 rings (SSSR count). The van der Waals surface area contributed by atoms with Gasteiger partial charge in [-0.2, -0.15) is 0 Å². The average molecular weight is 434 g/mol. The van der Waals surface area contributed by atoms with Crippen molar-refractivity contribution in [1.29, 1.82) is 0 Å². The van der Waals surface area contributed by atoms with E-state index in [2.05, 4.69) is 66.4 Å². The Hall–Kier alpha value is -2.63. The normalized spacial score (nSPS) is 11.3. The van der Waals surface area contributed by atoms with E-state index in [4.69, 9.17) is 10.7 Å². The van der Waals surface area contributed by atoms with Crippen LogP contribution in [-0.4, -0.2) is 48.1 Å². The second-order valence-electron chi connectivity index (χ2n) is 8.46. The van der Waals surface area contributed by atoms with Crippen LogP contribution in [0.15, 0.2) is 36.5 Å². The number of benzene rings is 2. The number of nitrogens with two attached hydrogens (primary N) is 1. The third-order valence-corrected chi connectivity index (χ3v) is 5.97. The minimum Gasteiger partial charge on any atom is -0.369 e. The molecule has 0 spiro atoms. The van der Waals surface area contributed by atoms with Crippen molar-refractivity contribution < 1.29 is 0 Å². The maximum atomic E-state index is 5.59. The first-order valence-electron chi connectivity index (χ1n) is 12.0. The summed E-state index contributed by atoms with van der Waals surface area (Å²) in [5.74, 6) is 0.971. The van der Waals surface area contributed by atoms with E-state index in [0.29, 0.717) is 0 Å². The number of hydrogen-bond donors (Lipinski definition) is 3. The van der Waals surface area contributed by atoms with E-state index in [1.165, 1.54) is 50.1 Å². The maximum absolute atomic E-state index is 5.59. The summed E-state index contributed by atoms with van der Waals surface area (Å²) < 4.78 is 0. The molecular weight excluding hydrogens is 394 g/mol. The first-order chi connectivity index (χ1) is 15.6. The summed E-state index contributed by atoms with van der Waals surface area (Å²) in [5.41, 5.74) is 10.4. The van der Waals surface area contributed by atoms with Gasteiger partial charge in [0.05, 0.1) is 16.4 Å². The molecule has 0 atom stereocenters. The summed E-state index contributed by atoms with van der Waals surface area (Å²) in [6, 6.07) is 11.1. The molecule has 0 radical (unpaired) electrons. The molecule has 4 N–H and O–H groups in total. The van der Waals surface area contributed by atoms with Gasteiger partial charge in [-0.25, -0.2) is 4.98 Å². The molecule has 0 amide bonds. The van der Waals surface area contributed by atoms with Crippen molar-refractivity contribution in [2.75, 3.05) is 38.5 Å². The second kappa shape index (κ2) is 11.3. The molecule has 172 valence electrons. The number of unbranched alkanes of at least 4 members (excludes halogenated alkanes) is 1. The van der Waals surface area contributed by atoms with Crippen molar-refractivity contribution in [3.05, 3.63) is 47.7 Å². The van der Waals surface area contributed by atoms with Gasteiger partial charge in [0, 0.05) is 23.5 Å². The molecule has 0 aliphatic rings. The van der Waals surface area contributed by atoms with Gasteiger partial charge < -0.3 is 20.9 Å². The van der Waals surface area contributed by atoms with E-state index in [0.717, 1.165) is 44.8 Å². The molecule has 0 bridgehead atoms. The highest BCUT2D eigenvalue weighted by Crippen LogP contribution is 2.35.